The first-order valence-electron chi connectivity index (χ1n) is 7.51. The number of nitrogens with one attached hydrogen (secondary N) is 1. The van der Waals surface area contributed by atoms with Gasteiger partial charge >= 0.3 is 0 Å². The topological polar surface area (TPSA) is 41.5 Å². The first-order valence-corrected chi connectivity index (χ1v) is 8.27. The Hall–Kier alpha value is -0.970. The maximum Gasteiger partial charge on any atom is 0.138 e. The summed E-state index contributed by atoms with van der Waals surface area (Å²) in [6, 6.07) is 13.3. The normalized spacial score (nSPS) is 13.0. The van der Waals surface area contributed by atoms with Crippen LogP contribution in [0.4, 0.5) is 0 Å². The Morgan fingerprint density at radius 2 is 1.92 bits per heavy atom. The van der Waals surface area contributed by atoms with E-state index in [0.29, 0.717) is 22.3 Å². The highest BCUT2D eigenvalue weighted by atomic mass is 35.5. The standard InChI is InChI=1S/C18H21Cl2NO2.ClH/c1-12-6-7-18(17(20)8-12)23-11-16(22)10-21-13(2)14-4-3-5-15(19)9-14;/h3-9,13,16,21-22H,10-11H2,1-2H3;1H. The molecule has 0 spiro atoms. The second kappa shape index (κ2) is 10.1. The molecule has 0 aliphatic rings. The molecule has 0 radical (unpaired) electrons. The van der Waals surface area contributed by atoms with E-state index in [4.69, 9.17) is 27.9 Å². The molecule has 0 bridgehead atoms. The maximum atomic E-state index is 10.0. The van der Waals surface area contributed by atoms with Crippen molar-refractivity contribution in [3.05, 3.63) is 63.6 Å². The summed E-state index contributed by atoms with van der Waals surface area (Å²) in [5.41, 5.74) is 2.15. The zero-order valence-electron chi connectivity index (χ0n) is 13.6. The van der Waals surface area contributed by atoms with Gasteiger partial charge in [-0.05, 0) is 49.2 Å². The van der Waals surface area contributed by atoms with Gasteiger partial charge in [0.05, 0.1) is 5.02 Å². The van der Waals surface area contributed by atoms with Gasteiger partial charge in [0, 0.05) is 17.6 Å². The highest BCUT2D eigenvalue weighted by Gasteiger charge is 2.11. The van der Waals surface area contributed by atoms with Gasteiger partial charge in [-0.15, -0.1) is 12.4 Å². The minimum absolute atomic E-state index is 0. The number of aliphatic hydroxyl groups excluding tert-OH is 1. The molecule has 3 nitrogen and oxygen atoms in total. The van der Waals surface area contributed by atoms with Crippen molar-refractivity contribution in [3.63, 3.8) is 0 Å². The highest BCUT2D eigenvalue weighted by Crippen LogP contribution is 2.25. The predicted octanol–water partition coefficient (Wildman–Crippen LogP) is 4.81. The van der Waals surface area contributed by atoms with E-state index < -0.39 is 6.10 Å². The largest absolute Gasteiger partial charge is 0.489 e. The third-order valence-corrected chi connectivity index (χ3v) is 4.06. The van der Waals surface area contributed by atoms with Gasteiger partial charge in [-0.3, -0.25) is 0 Å². The van der Waals surface area contributed by atoms with Crippen LogP contribution in [0.3, 0.4) is 0 Å². The summed E-state index contributed by atoms with van der Waals surface area (Å²) in [5.74, 6) is 0.583. The van der Waals surface area contributed by atoms with E-state index in [1.165, 1.54) is 0 Å². The Kier molecular flexibility index (Phi) is 8.88. The molecule has 0 aliphatic heterocycles. The van der Waals surface area contributed by atoms with Gasteiger partial charge in [0.2, 0.25) is 0 Å². The molecule has 6 heteroatoms. The molecule has 2 atom stereocenters. The van der Waals surface area contributed by atoms with Gasteiger partial charge in [-0.1, -0.05) is 41.4 Å². The molecule has 2 unspecified atom stereocenters. The second-order valence-corrected chi connectivity index (χ2v) is 6.43. The lowest BCUT2D eigenvalue weighted by atomic mass is 10.1. The SMILES string of the molecule is Cc1ccc(OCC(O)CNC(C)c2cccc(Cl)c2)c(Cl)c1.Cl. The van der Waals surface area contributed by atoms with Crippen LogP contribution >= 0.6 is 35.6 Å². The average Bonchev–Trinajstić information content (AvgIpc) is 2.51. The molecule has 0 saturated carbocycles. The van der Waals surface area contributed by atoms with Gasteiger partial charge in [0.25, 0.3) is 0 Å². The fourth-order valence-corrected chi connectivity index (χ4v) is 2.66. The Labute approximate surface area is 159 Å². The van der Waals surface area contributed by atoms with Crippen molar-refractivity contribution in [2.24, 2.45) is 0 Å². The number of ether oxygens (including phenoxy) is 1. The Bertz CT molecular complexity index is 652. The van der Waals surface area contributed by atoms with Crippen molar-refractivity contribution in [3.8, 4) is 5.75 Å². The first kappa shape index (κ1) is 21.1. The van der Waals surface area contributed by atoms with Crippen LogP contribution < -0.4 is 10.1 Å². The van der Waals surface area contributed by atoms with Crippen molar-refractivity contribution < 1.29 is 9.84 Å². The number of hydrogen-bond acceptors (Lipinski definition) is 3. The van der Waals surface area contributed by atoms with Gasteiger partial charge in [-0.2, -0.15) is 0 Å². The molecule has 0 amide bonds. The van der Waals surface area contributed by atoms with Crippen LogP contribution in [0.2, 0.25) is 10.0 Å². The molecular formula is C18H22Cl3NO2. The minimum atomic E-state index is -0.631. The van der Waals surface area contributed by atoms with E-state index in [1.54, 1.807) is 0 Å². The van der Waals surface area contributed by atoms with E-state index in [2.05, 4.69) is 5.32 Å². The van der Waals surface area contributed by atoms with Crippen molar-refractivity contribution in [2.75, 3.05) is 13.2 Å². The summed E-state index contributed by atoms with van der Waals surface area (Å²) < 4.78 is 5.57. The summed E-state index contributed by atoms with van der Waals surface area (Å²) >= 11 is 12.1. The number of hydrogen-bond donors (Lipinski definition) is 2. The highest BCUT2D eigenvalue weighted by molar-refractivity contribution is 6.32. The number of rotatable bonds is 7. The summed E-state index contributed by atoms with van der Waals surface area (Å²) in [7, 11) is 0. The summed E-state index contributed by atoms with van der Waals surface area (Å²) in [5, 5.41) is 14.6. The fourth-order valence-electron chi connectivity index (χ4n) is 2.17. The third-order valence-electron chi connectivity index (χ3n) is 3.53. The molecule has 0 saturated heterocycles. The molecule has 132 valence electrons. The third kappa shape index (κ3) is 6.50. The van der Waals surface area contributed by atoms with Crippen LogP contribution in [-0.4, -0.2) is 24.4 Å². The van der Waals surface area contributed by atoms with E-state index >= 15 is 0 Å². The smallest absolute Gasteiger partial charge is 0.138 e. The number of aliphatic hydroxyl groups is 1. The van der Waals surface area contributed by atoms with Crippen LogP contribution in [0.25, 0.3) is 0 Å². The zero-order valence-corrected chi connectivity index (χ0v) is 16.0. The Balaban J connectivity index is 0.00000288. The number of aryl methyl sites for hydroxylation is 1. The Morgan fingerprint density at radius 1 is 1.17 bits per heavy atom. The molecule has 2 rings (SSSR count). The molecule has 2 N–H and O–H groups in total. The summed E-state index contributed by atoms with van der Waals surface area (Å²) in [6.07, 6.45) is -0.631. The molecule has 0 aromatic heterocycles. The quantitative estimate of drug-likeness (QED) is 0.712. The molecule has 2 aromatic carbocycles. The minimum Gasteiger partial charge on any atom is -0.489 e. The first-order chi connectivity index (χ1) is 11.0. The Morgan fingerprint density at radius 3 is 2.58 bits per heavy atom. The lowest BCUT2D eigenvalue weighted by molar-refractivity contribution is 0.104. The molecular weight excluding hydrogens is 369 g/mol. The van der Waals surface area contributed by atoms with Crippen LogP contribution in [0.5, 0.6) is 5.75 Å². The van der Waals surface area contributed by atoms with E-state index in [-0.39, 0.29) is 25.1 Å². The molecule has 0 fully saturated rings. The summed E-state index contributed by atoms with van der Waals surface area (Å²) in [6.45, 7) is 4.58. The lowest BCUT2D eigenvalue weighted by Crippen LogP contribution is -2.33. The van der Waals surface area contributed by atoms with Crippen LogP contribution in [0, 0.1) is 6.92 Å². The van der Waals surface area contributed by atoms with Crippen LogP contribution in [0.1, 0.15) is 24.1 Å². The lowest BCUT2D eigenvalue weighted by Gasteiger charge is -2.18. The van der Waals surface area contributed by atoms with Gasteiger partial charge < -0.3 is 15.2 Å². The van der Waals surface area contributed by atoms with Crippen LogP contribution in [-0.2, 0) is 0 Å². The van der Waals surface area contributed by atoms with Gasteiger partial charge in [0.15, 0.2) is 0 Å². The molecule has 0 aliphatic carbocycles. The van der Waals surface area contributed by atoms with Crippen molar-refractivity contribution in [1.29, 1.82) is 0 Å². The van der Waals surface area contributed by atoms with E-state index in [0.717, 1.165) is 11.1 Å². The summed E-state index contributed by atoms with van der Waals surface area (Å²) in [4.78, 5) is 0. The van der Waals surface area contributed by atoms with Gasteiger partial charge in [0.1, 0.15) is 18.5 Å². The van der Waals surface area contributed by atoms with Crippen molar-refractivity contribution in [2.45, 2.75) is 26.0 Å². The molecule has 0 heterocycles. The monoisotopic (exact) mass is 389 g/mol. The predicted molar refractivity (Wildman–Crippen MR) is 103 cm³/mol. The second-order valence-electron chi connectivity index (χ2n) is 5.58. The molecule has 24 heavy (non-hydrogen) atoms. The fraction of sp³-hybridized carbons (Fsp3) is 0.333. The maximum absolute atomic E-state index is 10.0. The number of halogens is 3. The van der Waals surface area contributed by atoms with Gasteiger partial charge in [-0.25, -0.2) is 0 Å². The van der Waals surface area contributed by atoms with E-state index in [9.17, 15) is 5.11 Å². The number of benzene rings is 2. The zero-order chi connectivity index (χ0) is 16.8. The molecule has 2 aromatic rings. The van der Waals surface area contributed by atoms with E-state index in [1.807, 2.05) is 56.3 Å². The van der Waals surface area contributed by atoms with Crippen molar-refractivity contribution >= 4 is 35.6 Å². The van der Waals surface area contributed by atoms with Crippen LogP contribution in [0.15, 0.2) is 42.5 Å². The average molecular weight is 391 g/mol. The van der Waals surface area contributed by atoms with Crippen molar-refractivity contribution in [1.82, 2.24) is 5.32 Å².